The van der Waals surface area contributed by atoms with Crippen LogP contribution in [0.1, 0.15) is 5.56 Å². The van der Waals surface area contributed by atoms with Crippen molar-refractivity contribution < 1.29 is 9.18 Å². The van der Waals surface area contributed by atoms with Gasteiger partial charge in [-0.25, -0.2) is 4.39 Å². The number of benzene rings is 1. The molecule has 2 N–H and O–H groups in total. The van der Waals surface area contributed by atoms with Gasteiger partial charge in [-0.15, -0.1) is 0 Å². The van der Waals surface area contributed by atoms with Gasteiger partial charge in [0.25, 0.3) is 0 Å². The first-order chi connectivity index (χ1) is 8.74. The number of hydrogen-bond donors (Lipinski definition) is 2. The monoisotopic (exact) mass is 246 g/mol. The van der Waals surface area contributed by atoms with Crippen LogP contribution in [0.3, 0.4) is 0 Å². The normalized spacial score (nSPS) is 29.3. The summed E-state index contributed by atoms with van der Waals surface area (Å²) >= 11 is 0. The van der Waals surface area contributed by atoms with Crippen LogP contribution in [0.15, 0.2) is 30.3 Å². The molecule has 4 heteroatoms. The maximum absolute atomic E-state index is 12.7. The topological polar surface area (TPSA) is 41.1 Å². The molecule has 1 aromatic rings. The molecule has 0 radical (unpaired) electrons. The highest BCUT2D eigenvalue weighted by atomic mass is 19.1. The third-order valence-electron chi connectivity index (χ3n) is 3.70. The van der Waals surface area contributed by atoms with Gasteiger partial charge < -0.3 is 10.6 Å². The van der Waals surface area contributed by atoms with E-state index in [0.29, 0.717) is 17.9 Å². The molecule has 1 saturated heterocycles. The summed E-state index contributed by atoms with van der Waals surface area (Å²) in [5.74, 6) is 0.898. The molecule has 2 fully saturated rings. The van der Waals surface area contributed by atoms with E-state index in [1.54, 1.807) is 18.2 Å². The van der Waals surface area contributed by atoms with Crippen LogP contribution >= 0.6 is 0 Å². The molecule has 18 heavy (non-hydrogen) atoms. The lowest BCUT2D eigenvalue weighted by Crippen LogP contribution is -2.31. The van der Waals surface area contributed by atoms with Crippen LogP contribution < -0.4 is 10.6 Å². The van der Waals surface area contributed by atoms with Crippen LogP contribution in [-0.2, 0) is 4.79 Å². The van der Waals surface area contributed by atoms with E-state index in [2.05, 4.69) is 10.6 Å². The van der Waals surface area contributed by atoms with Crippen molar-refractivity contribution in [3.63, 3.8) is 0 Å². The third kappa shape index (κ3) is 2.29. The van der Waals surface area contributed by atoms with E-state index in [9.17, 15) is 9.18 Å². The number of rotatable bonds is 3. The summed E-state index contributed by atoms with van der Waals surface area (Å²) in [5.41, 5.74) is 0.823. The van der Waals surface area contributed by atoms with Crippen LogP contribution in [-0.4, -0.2) is 25.0 Å². The molecule has 2 unspecified atom stereocenters. The van der Waals surface area contributed by atoms with Gasteiger partial charge in [-0.1, -0.05) is 12.1 Å². The van der Waals surface area contributed by atoms with Crippen LogP contribution in [0.4, 0.5) is 4.39 Å². The summed E-state index contributed by atoms with van der Waals surface area (Å²) in [6.45, 7) is 2.02. The Kier molecular flexibility index (Phi) is 2.88. The summed E-state index contributed by atoms with van der Waals surface area (Å²) < 4.78 is 12.7. The molecule has 3 rings (SSSR count). The smallest absolute Gasteiger partial charge is 0.244 e. The Morgan fingerprint density at radius 3 is 2.61 bits per heavy atom. The lowest BCUT2D eigenvalue weighted by atomic mass is 10.2. The average Bonchev–Trinajstić information content (AvgIpc) is 2.81. The molecule has 1 amide bonds. The number of halogens is 1. The van der Waals surface area contributed by atoms with E-state index in [0.717, 1.165) is 18.7 Å². The average molecular weight is 246 g/mol. The zero-order valence-electron chi connectivity index (χ0n) is 9.90. The van der Waals surface area contributed by atoms with Crippen molar-refractivity contribution in [1.82, 2.24) is 10.6 Å². The molecule has 0 bridgehead atoms. The fraction of sp³-hybridized carbons (Fsp3) is 0.357. The van der Waals surface area contributed by atoms with Crippen molar-refractivity contribution in [2.75, 3.05) is 13.1 Å². The maximum Gasteiger partial charge on any atom is 0.244 e. The number of hydrogen-bond acceptors (Lipinski definition) is 2. The Bertz CT molecular complexity index is 473. The van der Waals surface area contributed by atoms with Gasteiger partial charge in [0, 0.05) is 25.2 Å². The minimum atomic E-state index is -0.269. The fourth-order valence-electron chi connectivity index (χ4n) is 2.59. The predicted molar refractivity (Wildman–Crippen MR) is 67.2 cm³/mol. The molecule has 2 aliphatic rings. The highest BCUT2D eigenvalue weighted by Gasteiger charge is 2.53. The van der Waals surface area contributed by atoms with Gasteiger partial charge in [-0.05, 0) is 35.6 Å². The second kappa shape index (κ2) is 4.53. The van der Waals surface area contributed by atoms with Crippen molar-refractivity contribution in [2.45, 2.75) is 6.04 Å². The number of amides is 1. The summed E-state index contributed by atoms with van der Waals surface area (Å²) in [6, 6.07) is 6.41. The molecular formula is C14H15FN2O. The maximum atomic E-state index is 12.7. The summed E-state index contributed by atoms with van der Waals surface area (Å²) in [4.78, 5) is 11.7. The van der Waals surface area contributed by atoms with E-state index in [4.69, 9.17) is 0 Å². The van der Waals surface area contributed by atoms with Crippen molar-refractivity contribution in [3.05, 3.63) is 41.7 Å². The number of carbonyl (C=O) groups is 1. The van der Waals surface area contributed by atoms with Gasteiger partial charge in [0.15, 0.2) is 0 Å². The Morgan fingerprint density at radius 1 is 1.28 bits per heavy atom. The number of nitrogens with one attached hydrogen (secondary N) is 2. The van der Waals surface area contributed by atoms with Gasteiger partial charge in [-0.3, -0.25) is 4.79 Å². The molecule has 1 aliphatic carbocycles. The highest BCUT2D eigenvalue weighted by molar-refractivity contribution is 5.92. The molecule has 1 aromatic carbocycles. The summed E-state index contributed by atoms with van der Waals surface area (Å²) in [6.07, 6.45) is 3.21. The first-order valence-corrected chi connectivity index (χ1v) is 6.19. The quantitative estimate of drug-likeness (QED) is 0.786. The van der Waals surface area contributed by atoms with E-state index < -0.39 is 0 Å². The zero-order valence-corrected chi connectivity index (χ0v) is 9.90. The largest absolute Gasteiger partial charge is 0.349 e. The highest BCUT2D eigenvalue weighted by Crippen LogP contribution is 2.41. The molecule has 0 aromatic heterocycles. The Labute approximate surface area is 105 Å². The van der Waals surface area contributed by atoms with Crippen molar-refractivity contribution >= 4 is 12.0 Å². The SMILES string of the molecule is O=C(/C=C/c1ccc(F)cc1)NC1C2CNCC21. The van der Waals surface area contributed by atoms with E-state index >= 15 is 0 Å². The third-order valence-corrected chi connectivity index (χ3v) is 3.70. The molecule has 1 saturated carbocycles. The van der Waals surface area contributed by atoms with Crippen LogP contribution in [0, 0.1) is 17.7 Å². The fourth-order valence-corrected chi connectivity index (χ4v) is 2.59. The lowest BCUT2D eigenvalue weighted by molar-refractivity contribution is -0.116. The van der Waals surface area contributed by atoms with Gasteiger partial charge >= 0.3 is 0 Å². The number of piperidine rings is 1. The first-order valence-electron chi connectivity index (χ1n) is 6.19. The zero-order chi connectivity index (χ0) is 12.5. The minimum absolute atomic E-state index is 0.0706. The van der Waals surface area contributed by atoms with Crippen LogP contribution in [0.5, 0.6) is 0 Å². The van der Waals surface area contributed by atoms with Crippen molar-refractivity contribution in [2.24, 2.45) is 11.8 Å². The summed E-state index contributed by atoms with van der Waals surface area (Å²) in [5, 5.41) is 6.28. The molecule has 2 atom stereocenters. The van der Waals surface area contributed by atoms with Crippen molar-refractivity contribution in [1.29, 1.82) is 0 Å². The number of fused-ring (bicyclic) bond motifs is 1. The Morgan fingerprint density at radius 2 is 1.94 bits per heavy atom. The van der Waals surface area contributed by atoms with Crippen molar-refractivity contribution in [3.8, 4) is 0 Å². The lowest BCUT2D eigenvalue weighted by Gasteiger charge is -2.04. The molecular weight excluding hydrogens is 231 g/mol. The minimum Gasteiger partial charge on any atom is -0.349 e. The molecule has 1 aliphatic heterocycles. The van der Waals surface area contributed by atoms with E-state index in [1.165, 1.54) is 18.2 Å². The number of carbonyl (C=O) groups excluding carboxylic acids is 1. The van der Waals surface area contributed by atoms with Crippen LogP contribution in [0.2, 0.25) is 0 Å². The second-order valence-electron chi connectivity index (χ2n) is 4.91. The standard InChI is InChI=1S/C14H15FN2O/c15-10-4-1-9(2-5-10)3-6-13(18)17-14-11-7-16-8-12(11)14/h1-6,11-12,14,16H,7-8H2,(H,17,18)/b6-3+. The Balaban J connectivity index is 1.53. The molecule has 94 valence electrons. The van der Waals surface area contributed by atoms with Gasteiger partial charge in [0.1, 0.15) is 5.82 Å². The Hall–Kier alpha value is -1.68. The second-order valence-corrected chi connectivity index (χ2v) is 4.91. The molecule has 0 spiro atoms. The summed E-state index contributed by atoms with van der Waals surface area (Å²) in [7, 11) is 0. The van der Waals surface area contributed by atoms with E-state index in [-0.39, 0.29) is 11.7 Å². The van der Waals surface area contributed by atoms with Gasteiger partial charge in [0.05, 0.1) is 0 Å². The first kappa shape index (κ1) is 11.4. The van der Waals surface area contributed by atoms with E-state index in [1.807, 2.05) is 0 Å². The molecule has 3 nitrogen and oxygen atoms in total. The predicted octanol–water partition coefficient (Wildman–Crippen LogP) is 1.17. The molecule has 1 heterocycles. The van der Waals surface area contributed by atoms with Crippen LogP contribution in [0.25, 0.3) is 6.08 Å². The van der Waals surface area contributed by atoms with Gasteiger partial charge in [-0.2, -0.15) is 0 Å². The van der Waals surface area contributed by atoms with Gasteiger partial charge in [0.2, 0.25) is 5.91 Å².